The number of nitrogens with one attached hydrogen (secondary N) is 1. The molecule has 0 aromatic carbocycles. The van der Waals surface area contributed by atoms with Gasteiger partial charge in [-0.2, -0.15) is 0 Å². The Bertz CT molecular complexity index is 423. The molecule has 1 atom stereocenters. The van der Waals surface area contributed by atoms with Crippen LogP contribution in [0.1, 0.15) is 54.4 Å². The number of amides is 2. The molecule has 0 spiro atoms. The molecular formula is C18H33ClN2O2. The lowest BCUT2D eigenvalue weighted by molar-refractivity contribution is -0.125. The molecule has 0 fully saturated rings. The van der Waals surface area contributed by atoms with E-state index in [1.165, 1.54) is 0 Å². The maximum absolute atomic E-state index is 12.1. The normalized spacial score (nSPS) is 13.9. The first-order chi connectivity index (χ1) is 10.3. The van der Waals surface area contributed by atoms with E-state index >= 15 is 0 Å². The molecule has 4 nitrogen and oxygen atoms in total. The molecule has 2 amide bonds. The third-order valence-electron chi connectivity index (χ3n) is 3.61. The predicted octanol–water partition coefficient (Wildman–Crippen LogP) is 3.60. The van der Waals surface area contributed by atoms with Gasteiger partial charge in [-0.05, 0) is 36.7 Å². The van der Waals surface area contributed by atoms with E-state index in [-0.39, 0.29) is 22.6 Å². The van der Waals surface area contributed by atoms with E-state index in [9.17, 15) is 9.59 Å². The second-order valence-corrected chi connectivity index (χ2v) is 8.83. The summed E-state index contributed by atoms with van der Waals surface area (Å²) in [4.78, 5) is 25.3. The standard InChI is InChI=1S/C18H33ClN2O2/c1-14(19)16(23)20-13-18(5,6)10-8-9-15(22)21(7)12-11-17(2,3)4/h8-9,14H,10-13H2,1-7H3,(H,20,23)/t14-/m0/s1. The zero-order valence-corrected chi connectivity index (χ0v) is 16.5. The number of hydrogen-bond acceptors (Lipinski definition) is 2. The van der Waals surface area contributed by atoms with Crippen LogP contribution >= 0.6 is 11.6 Å². The number of rotatable bonds is 8. The third-order valence-corrected chi connectivity index (χ3v) is 3.80. The molecule has 0 bridgehead atoms. The van der Waals surface area contributed by atoms with E-state index in [1.54, 1.807) is 17.9 Å². The zero-order chi connectivity index (χ0) is 18.3. The Morgan fingerprint density at radius 3 is 2.26 bits per heavy atom. The molecule has 0 aliphatic heterocycles. The Kier molecular flexibility index (Phi) is 8.89. The van der Waals surface area contributed by atoms with Crippen molar-refractivity contribution in [1.29, 1.82) is 0 Å². The first-order valence-electron chi connectivity index (χ1n) is 8.17. The lowest BCUT2D eigenvalue weighted by Crippen LogP contribution is -2.37. The molecule has 0 aromatic rings. The quantitative estimate of drug-likeness (QED) is 0.540. The van der Waals surface area contributed by atoms with E-state index in [0.717, 1.165) is 13.0 Å². The molecule has 1 N–H and O–H groups in total. The van der Waals surface area contributed by atoms with Gasteiger partial charge in [0, 0.05) is 20.1 Å². The van der Waals surface area contributed by atoms with Crippen LogP contribution in [0.3, 0.4) is 0 Å². The molecule has 134 valence electrons. The fourth-order valence-corrected chi connectivity index (χ4v) is 1.84. The smallest absolute Gasteiger partial charge is 0.245 e. The van der Waals surface area contributed by atoms with Crippen molar-refractivity contribution in [2.24, 2.45) is 10.8 Å². The van der Waals surface area contributed by atoms with Gasteiger partial charge in [-0.25, -0.2) is 0 Å². The molecule has 0 rings (SSSR count). The fraction of sp³-hybridized carbons (Fsp3) is 0.778. The molecule has 0 saturated heterocycles. The van der Waals surface area contributed by atoms with Crippen LogP contribution in [0.15, 0.2) is 12.2 Å². The van der Waals surface area contributed by atoms with Crippen LogP contribution in [-0.4, -0.2) is 42.2 Å². The lowest BCUT2D eigenvalue weighted by Gasteiger charge is -2.24. The number of hydrogen-bond donors (Lipinski definition) is 1. The lowest BCUT2D eigenvalue weighted by atomic mass is 9.89. The number of carbonyl (C=O) groups is 2. The molecule has 5 heteroatoms. The Balaban J connectivity index is 4.28. The maximum atomic E-state index is 12.1. The van der Waals surface area contributed by atoms with Gasteiger partial charge in [0.15, 0.2) is 0 Å². The molecule has 23 heavy (non-hydrogen) atoms. The van der Waals surface area contributed by atoms with E-state index < -0.39 is 5.38 Å². The highest BCUT2D eigenvalue weighted by molar-refractivity contribution is 6.30. The Labute approximate surface area is 146 Å². The summed E-state index contributed by atoms with van der Waals surface area (Å²) in [6, 6.07) is 0. The van der Waals surface area contributed by atoms with Gasteiger partial charge in [0.25, 0.3) is 0 Å². The summed E-state index contributed by atoms with van der Waals surface area (Å²) in [7, 11) is 1.83. The van der Waals surface area contributed by atoms with Crippen molar-refractivity contribution in [2.45, 2.75) is 59.8 Å². The van der Waals surface area contributed by atoms with Crippen molar-refractivity contribution in [1.82, 2.24) is 10.2 Å². The van der Waals surface area contributed by atoms with Gasteiger partial charge in [-0.3, -0.25) is 9.59 Å². The maximum Gasteiger partial charge on any atom is 0.245 e. The van der Waals surface area contributed by atoms with Crippen molar-refractivity contribution in [3.8, 4) is 0 Å². The number of alkyl halides is 1. The van der Waals surface area contributed by atoms with Gasteiger partial charge in [-0.15, -0.1) is 11.6 Å². The van der Waals surface area contributed by atoms with Crippen LogP contribution in [0.5, 0.6) is 0 Å². The molecule has 0 aliphatic rings. The summed E-state index contributed by atoms with van der Waals surface area (Å²) in [5.41, 5.74) is 0.0974. The van der Waals surface area contributed by atoms with Crippen LogP contribution in [0.2, 0.25) is 0 Å². The van der Waals surface area contributed by atoms with Crippen molar-refractivity contribution in [3.63, 3.8) is 0 Å². The second-order valence-electron chi connectivity index (χ2n) is 8.17. The second kappa shape index (κ2) is 9.31. The van der Waals surface area contributed by atoms with Crippen LogP contribution < -0.4 is 5.32 Å². The monoisotopic (exact) mass is 344 g/mol. The minimum Gasteiger partial charge on any atom is -0.354 e. The molecule has 0 saturated carbocycles. The molecule has 0 unspecified atom stereocenters. The number of nitrogens with zero attached hydrogens (tertiary/aromatic N) is 1. The zero-order valence-electron chi connectivity index (χ0n) is 15.7. The summed E-state index contributed by atoms with van der Waals surface area (Å²) in [6.45, 7) is 13.5. The minimum atomic E-state index is -0.528. The van der Waals surface area contributed by atoms with E-state index in [4.69, 9.17) is 11.6 Å². The number of halogens is 1. The highest BCUT2D eigenvalue weighted by Gasteiger charge is 2.19. The molecule has 0 aromatic heterocycles. The van der Waals surface area contributed by atoms with Crippen LogP contribution in [0.25, 0.3) is 0 Å². The van der Waals surface area contributed by atoms with Gasteiger partial charge < -0.3 is 10.2 Å². The van der Waals surface area contributed by atoms with Crippen molar-refractivity contribution < 1.29 is 9.59 Å². The van der Waals surface area contributed by atoms with Gasteiger partial charge in [0.2, 0.25) is 11.8 Å². The van der Waals surface area contributed by atoms with Gasteiger partial charge in [0.05, 0.1) is 0 Å². The predicted molar refractivity (Wildman–Crippen MR) is 97.6 cm³/mol. The Morgan fingerprint density at radius 1 is 1.22 bits per heavy atom. The molecule has 0 aliphatic carbocycles. The van der Waals surface area contributed by atoms with Crippen molar-refractivity contribution in [2.75, 3.05) is 20.1 Å². The van der Waals surface area contributed by atoms with Crippen molar-refractivity contribution >= 4 is 23.4 Å². The minimum absolute atomic E-state index is 0.0171. The highest BCUT2D eigenvalue weighted by atomic mass is 35.5. The molecule has 0 heterocycles. The van der Waals surface area contributed by atoms with E-state index in [0.29, 0.717) is 13.0 Å². The summed E-state index contributed by atoms with van der Waals surface area (Å²) in [5, 5.41) is 2.29. The Hall–Kier alpha value is -1.03. The molecule has 0 radical (unpaired) electrons. The molecular weight excluding hydrogens is 312 g/mol. The van der Waals surface area contributed by atoms with E-state index in [2.05, 4.69) is 26.1 Å². The van der Waals surface area contributed by atoms with Crippen LogP contribution in [-0.2, 0) is 9.59 Å². The van der Waals surface area contributed by atoms with Crippen LogP contribution in [0, 0.1) is 10.8 Å². The summed E-state index contributed by atoms with van der Waals surface area (Å²) < 4.78 is 0. The third kappa shape index (κ3) is 11.2. The summed E-state index contributed by atoms with van der Waals surface area (Å²) in [5.74, 6) is -0.148. The van der Waals surface area contributed by atoms with Gasteiger partial charge in [-0.1, -0.05) is 40.7 Å². The topological polar surface area (TPSA) is 49.4 Å². The first kappa shape index (κ1) is 22.0. The largest absolute Gasteiger partial charge is 0.354 e. The number of allylic oxidation sites excluding steroid dienone is 1. The fourth-order valence-electron chi connectivity index (χ4n) is 1.76. The average Bonchev–Trinajstić information content (AvgIpc) is 2.40. The van der Waals surface area contributed by atoms with Gasteiger partial charge >= 0.3 is 0 Å². The van der Waals surface area contributed by atoms with Crippen LogP contribution in [0.4, 0.5) is 0 Å². The number of likely N-dealkylation sites (N-methyl/N-ethyl adjacent to an activating group) is 1. The summed E-state index contributed by atoms with van der Waals surface area (Å²) in [6.07, 6.45) is 5.18. The highest BCUT2D eigenvalue weighted by Crippen LogP contribution is 2.20. The van der Waals surface area contributed by atoms with Crippen molar-refractivity contribution in [3.05, 3.63) is 12.2 Å². The Morgan fingerprint density at radius 2 is 1.78 bits per heavy atom. The van der Waals surface area contributed by atoms with E-state index in [1.807, 2.05) is 27.0 Å². The average molecular weight is 345 g/mol. The SMILES string of the molecule is C[C@H](Cl)C(=O)NCC(C)(C)CC=CC(=O)N(C)CCC(C)(C)C. The first-order valence-corrected chi connectivity index (χ1v) is 8.61. The summed E-state index contributed by atoms with van der Waals surface area (Å²) >= 11 is 5.72. The number of carbonyl (C=O) groups excluding carboxylic acids is 2. The van der Waals surface area contributed by atoms with Gasteiger partial charge in [0.1, 0.15) is 5.38 Å².